The first-order valence-corrected chi connectivity index (χ1v) is 8.08. The average Bonchev–Trinajstić information content (AvgIpc) is 3.19. The van der Waals surface area contributed by atoms with Crippen molar-refractivity contribution in [3.05, 3.63) is 23.7 Å². The van der Waals surface area contributed by atoms with E-state index in [1.807, 2.05) is 31.7 Å². The maximum atomic E-state index is 12.2. The third kappa shape index (κ3) is 5.95. The highest BCUT2D eigenvalue weighted by Gasteiger charge is 2.34. The Hall–Kier alpha value is -2.00. The van der Waals surface area contributed by atoms with Crippen molar-refractivity contribution in [1.82, 2.24) is 10.2 Å². The maximum absolute atomic E-state index is 12.2. The van der Waals surface area contributed by atoms with E-state index < -0.39 is 5.60 Å². The van der Waals surface area contributed by atoms with Gasteiger partial charge in [-0.3, -0.25) is 0 Å². The number of carbonyl (C=O) groups is 1. The van der Waals surface area contributed by atoms with Crippen molar-refractivity contribution >= 4 is 6.09 Å². The van der Waals surface area contributed by atoms with Gasteiger partial charge in [-0.25, -0.2) is 4.79 Å². The Labute approximate surface area is 137 Å². The van der Waals surface area contributed by atoms with Crippen LogP contribution < -0.4 is 5.32 Å². The Morgan fingerprint density at radius 3 is 2.78 bits per heavy atom. The van der Waals surface area contributed by atoms with E-state index in [1.165, 1.54) is 0 Å². The van der Waals surface area contributed by atoms with Gasteiger partial charge in [0.1, 0.15) is 17.4 Å². The zero-order valence-electron chi connectivity index (χ0n) is 14.1. The lowest BCUT2D eigenvalue weighted by atomic mass is 10.2. The quantitative estimate of drug-likeness (QED) is 0.782. The number of hydrogen-bond acceptors (Lipinski definition) is 5. The third-order valence-corrected chi connectivity index (χ3v) is 3.44. The van der Waals surface area contributed by atoms with Crippen LogP contribution in [0.3, 0.4) is 0 Å². The highest BCUT2D eigenvalue weighted by atomic mass is 16.6. The molecule has 1 aliphatic rings. The minimum Gasteiger partial charge on any atom is -0.449 e. The molecule has 0 unspecified atom stereocenters. The Kier molecular flexibility index (Phi) is 5.67. The maximum Gasteiger partial charge on any atom is 0.410 e. The zero-order valence-corrected chi connectivity index (χ0v) is 14.1. The molecule has 1 fully saturated rings. The normalized spacial score (nSPS) is 14.3. The molecule has 2 rings (SSSR count). The van der Waals surface area contributed by atoms with Gasteiger partial charge in [0.05, 0.1) is 6.54 Å². The van der Waals surface area contributed by atoms with Gasteiger partial charge in [0.2, 0.25) is 5.76 Å². The van der Waals surface area contributed by atoms with Gasteiger partial charge in [0.25, 0.3) is 0 Å². The van der Waals surface area contributed by atoms with Gasteiger partial charge in [0, 0.05) is 12.6 Å². The summed E-state index contributed by atoms with van der Waals surface area (Å²) in [6.07, 6.45) is 2.76. The summed E-state index contributed by atoms with van der Waals surface area (Å²) >= 11 is 0. The number of nitriles is 1. The summed E-state index contributed by atoms with van der Waals surface area (Å²) in [4.78, 5) is 14.0. The van der Waals surface area contributed by atoms with Crippen molar-refractivity contribution in [3.63, 3.8) is 0 Å². The monoisotopic (exact) mass is 319 g/mol. The molecule has 0 aromatic carbocycles. The van der Waals surface area contributed by atoms with Crippen molar-refractivity contribution in [3.8, 4) is 6.07 Å². The van der Waals surface area contributed by atoms with E-state index in [0.717, 1.165) is 31.6 Å². The molecule has 1 aliphatic carbocycles. The van der Waals surface area contributed by atoms with Gasteiger partial charge >= 0.3 is 6.09 Å². The Morgan fingerprint density at radius 1 is 1.48 bits per heavy atom. The summed E-state index contributed by atoms with van der Waals surface area (Å²) in [5.74, 6) is 1.07. The van der Waals surface area contributed by atoms with Crippen molar-refractivity contribution in [2.45, 2.75) is 58.2 Å². The number of rotatable bonds is 7. The molecule has 0 aliphatic heterocycles. The fourth-order valence-electron chi connectivity index (χ4n) is 2.25. The molecule has 0 saturated heterocycles. The molecule has 0 bridgehead atoms. The van der Waals surface area contributed by atoms with Crippen LogP contribution in [-0.4, -0.2) is 35.7 Å². The van der Waals surface area contributed by atoms with Crippen LogP contribution in [0.5, 0.6) is 0 Å². The fraction of sp³-hybridized carbons (Fsp3) is 0.647. The Morgan fingerprint density at radius 2 is 2.22 bits per heavy atom. The molecule has 6 nitrogen and oxygen atoms in total. The van der Waals surface area contributed by atoms with Crippen molar-refractivity contribution in [2.24, 2.45) is 0 Å². The summed E-state index contributed by atoms with van der Waals surface area (Å²) in [5.41, 5.74) is -0.458. The average molecular weight is 319 g/mol. The fourth-order valence-corrected chi connectivity index (χ4v) is 2.25. The van der Waals surface area contributed by atoms with Crippen molar-refractivity contribution < 1.29 is 13.9 Å². The summed E-state index contributed by atoms with van der Waals surface area (Å²) < 4.78 is 10.8. The summed E-state index contributed by atoms with van der Waals surface area (Å²) in [6, 6.07) is 5.76. The lowest BCUT2D eigenvalue weighted by Crippen LogP contribution is -2.39. The molecule has 0 radical (unpaired) electrons. The van der Waals surface area contributed by atoms with E-state index in [2.05, 4.69) is 5.32 Å². The van der Waals surface area contributed by atoms with Crippen molar-refractivity contribution in [1.29, 1.82) is 5.26 Å². The molecule has 0 atom stereocenters. The van der Waals surface area contributed by atoms with E-state index in [4.69, 9.17) is 14.4 Å². The topological polar surface area (TPSA) is 78.5 Å². The van der Waals surface area contributed by atoms with Crippen LogP contribution in [0.15, 0.2) is 16.5 Å². The summed E-state index contributed by atoms with van der Waals surface area (Å²) in [5, 5.41) is 12.0. The molecular formula is C17H25N3O3. The third-order valence-electron chi connectivity index (χ3n) is 3.44. The standard InChI is InChI=1S/C17H25N3O3/c1-17(2,3)23-16(21)20(13-5-6-13)10-4-9-19-12-15-8-7-14(11-18)22-15/h7-8,13,19H,4-6,9-10,12H2,1-3H3. The van der Waals surface area contributed by atoms with Gasteiger partial charge in [-0.1, -0.05) is 0 Å². The number of hydrogen-bond donors (Lipinski definition) is 1. The second kappa shape index (κ2) is 7.51. The molecule has 1 N–H and O–H groups in total. The first-order valence-electron chi connectivity index (χ1n) is 8.08. The number of carbonyl (C=O) groups excluding carboxylic acids is 1. The molecule has 6 heteroatoms. The van der Waals surface area contributed by atoms with Crippen LogP contribution in [0.25, 0.3) is 0 Å². The number of ether oxygens (including phenoxy) is 1. The smallest absolute Gasteiger partial charge is 0.410 e. The largest absolute Gasteiger partial charge is 0.449 e. The molecule has 1 amide bonds. The molecule has 0 spiro atoms. The van der Waals surface area contributed by atoms with E-state index in [0.29, 0.717) is 24.9 Å². The van der Waals surface area contributed by atoms with Gasteiger partial charge in [-0.05, 0) is 58.7 Å². The van der Waals surface area contributed by atoms with Crippen LogP contribution >= 0.6 is 0 Å². The predicted molar refractivity (Wildman–Crippen MR) is 85.7 cm³/mol. The van der Waals surface area contributed by atoms with Crippen LogP contribution in [0, 0.1) is 11.3 Å². The van der Waals surface area contributed by atoms with Crippen LogP contribution in [0.4, 0.5) is 4.79 Å². The molecular weight excluding hydrogens is 294 g/mol. The number of nitrogens with one attached hydrogen (secondary N) is 1. The Balaban J connectivity index is 1.68. The molecule has 126 valence electrons. The van der Waals surface area contributed by atoms with E-state index in [9.17, 15) is 4.79 Å². The summed E-state index contributed by atoms with van der Waals surface area (Å²) in [6.45, 7) is 7.70. The van der Waals surface area contributed by atoms with Crippen LogP contribution in [-0.2, 0) is 11.3 Å². The molecule has 23 heavy (non-hydrogen) atoms. The number of amides is 1. The second-order valence-electron chi connectivity index (χ2n) is 6.81. The predicted octanol–water partition coefficient (Wildman–Crippen LogP) is 3.03. The molecule has 1 aromatic rings. The van der Waals surface area contributed by atoms with Gasteiger partial charge in [0.15, 0.2) is 0 Å². The van der Waals surface area contributed by atoms with Crippen LogP contribution in [0.2, 0.25) is 0 Å². The lowest BCUT2D eigenvalue weighted by Gasteiger charge is -2.27. The van der Waals surface area contributed by atoms with E-state index in [1.54, 1.807) is 12.1 Å². The minimum atomic E-state index is -0.458. The minimum absolute atomic E-state index is 0.218. The van der Waals surface area contributed by atoms with Crippen LogP contribution in [0.1, 0.15) is 51.6 Å². The second-order valence-corrected chi connectivity index (χ2v) is 6.81. The molecule has 1 aromatic heterocycles. The highest BCUT2D eigenvalue weighted by Crippen LogP contribution is 2.28. The molecule has 1 saturated carbocycles. The highest BCUT2D eigenvalue weighted by molar-refractivity contribution is 5.69. The van der Waals surface area contributed by atoms with Gasteiger partial charge in [-0.15, -0.1) is 0 Å². The first kappa shape index (κ1) is 17.4. The lowest BCUT2D eigenvalue weighted by molar-refractivity contribution is 0.0232. The summed E-state index contributed by atoms with van der Waals surface area (Å²) in [7, 11) is 0. The molecule has 1 heterocycles. The van der Waals surface area contributed by atoms with E-state index in [-0.39, 0.29) is 6.09 Å². The number of furan rings is 1. The van der Waals surface area contributed by atoms with Gasteiger partial charge in [-0.2, -0.15) is 5.26 Å². The first-order chi connectivity index (χ1) is 10.9. The number of nitrogens with zero attached hydrogens (tertiary/aromatic N) is 2. The van der Waals surface area contributed by atoms with Gasteiger partial charge < -0.3 is 19.4 Å². The Bertz CT molecular complexity index is 564. The van der Waals surface area contributed by atoms with Crippen molar-refractivity contribution in [2.75, 3.05) is 13.1 Å². The zero-order chi connectivity index (χ0) is 16.9. The SMILES string of the molecule is CC(C)(C)OC(=O)N(CCCNCc1ccc(C#N)o1)C1CC1. The van der Waals surface area contributed by atoms with E-state index >= 15 is 0 Å².